The summed E-state index contributed by atoms with van der Waals surface area (Å²) in [5.41, 5.74) is 2.76. The summed E-state index contributed by atoms with van der Waals surface area (Å²) in [6.45, 7) is 0.427. The Morgan fingerprint density at radius 3 is 2.83 bits per heavy atom. The first-order valence-corrected chi connectivity index (χ1v) is 9.34. The quantitative estimate of drug-likeness (QED) is 0.638. The smallest absolute Gasteiger partial charge is 0.422 e. The van der Waals surface area contributed by atoms with E-state index in [0.29, 0.717) is 5.69 Å². The molecule has 0 aliphatic heterocycles. The zero-order valence-electron chi connectivity index (χ0n) is 15.7. The first-order valence-electron chi connectivity index (χ1n) is 9.34. The van der Waals surface area contributed by atoms with Crippen molar-refractivity contribution in [3.8, 4) is 5.75 Å². The van der Waals surface area contributed by atoms with E-state index in [1.54, 1.807) is 13.0 Å². The highest BCUT2D eigenvalue weighted by molar-refractivity contribution is 5.88. The van der Waals surface area contributed by atoms with Gasteiger partial charge in [-0.3, -0.25) is 9.78 Å². The van der Waals surface area contributed by atoms with Gasteiger partial charge in [-0.2, -0.15) is 13.2 Å². The lowest BCUT2D eigenvalue weighted by molar-refractivity contribution is -0.153. The summed E-state index contributed by atoms with van der Waals surface area (Å²) in [4.78, 5) is 20.0. The van der Waals surface area contributed by atoms with Gasteiger partial charge in [-0.15, -0.1) is 0 Å². The summed E-state index contributed by atoms with van der Waals surface area (Å²) in [6.07, 6.45) is -0.410. The number of aromatic nitrogens is 2. The molecule has 0 radical (unpaired) electrons. The number of hydrogen-bond acceptors (Lipinski definition) is 3. The molecule has 8 heteroatoms. The number of halogens is 3. The molecule has 1 fully saturated rings. The van der Waals surface area contributed by atoms with Crippen molar-refractivity contribution in [1.29, 1.82) is 0 Å². The molecule has 2 N–H and O–H groups in total. The maximum atomic E-state index is 12.6. The molecule has 3 unspecified atom stereocenters. The Hall–Kier alpha value is -3.03. The van der Waals surface area contributed by atoms with Crippen LogP contribution < -0.4 is 10.1 Å². The van der Waals surface area contributed by atoms with Crippen LogP contribution in [-0.4, -0.2) is 28.7 Å². The van der Waals surface area contributed by atoms with Gasteiger partial charge in [0.1, 0.15) is 5.75 Å². The Bertz CT molecular complexity index is 1010. The number of pyridine rings is 1. The number of carbonyl (C=O) groups excluding carboxylic acids is 1. The van der Waals surface area contributed by atoms with E-state index in [1.807, 2.05) is 30.5 Å². The van der Waals surface area contributed by atoms with Crippen molar-refractivity contribution in [3.63, 3.8) is 0 Å². The number of ether oxygens (including phenoxy) is 1. The number of rotatable bonds is 6. The average Bonchev–Trinajstić information content (AvgIpc) is 3.38. The number of para-hydroxylation sites is 1. The monoisotopic (exact) mass is 403 g/mol. The number of alkyl halides is 3. The van der Waals surface area contributed by atoms with Gasteiger partial charge in [-0.1, -0.05) is 18.2 Å². The lowest BCUT2D eigenvalue weighted by Gasteiger charge is -2.14. The molecule has 1 saturated carbocycles. The molecule has 5 nitrogen and oxygen atoms in total. The molecule has 0 spiro atoms. The topological polar surface area (TPSA) is 67.0 Å². The molecular weight excluding hydrogens is 383 g/mol. The fourth-order valence-corrected chi connectivity index (χ4v) is 3.52. The fourth-order valence-electron chi connectivity index (χ4n) is 3.52. The number of benzene rings is 1. The number of carbonyl (C=O) groups is 1. The highest BCUT2D eigenvalue weighted by Gasteiger charge is 2.45. The summed E-state index contributed by atoms with van der Waals surface area (Å²) in [5, 5.41) is 4.08. The molecule has 3 atom stereocenters. The summed E-state index contributed by atoms with van der Waals surface area (Å²) < 4.78 is 41.2. The van der Waals surface area contributed by atoms with Gasteiger partial charge in [-0.25, -0.2) is 0 Å². The lowest BCUT2D eigenvalue weighted by atomic mass is 10.1. The lowest BCUT2D eigenvalue weighted by Crippen LogP contribution is -2.29. The van der Waals surface area contributed by atoms with Crippen LogP contribution in [0.5, 0.6) is 5.75 Å². The van der Waals surface area contributed by atoms with Gasteiger partial charge >= 0.3 is 6.18 Å². The van der Waals surface area contributed by atoms with Crippen molar-refractivity contribution in [1.82, 2.24) is 15.3 Å². The second-order valence-corrected chi connectivity index (χ2v) is 7.29. The molecule has 1 aliphatic rings. The first kappa shape index (κ1) is 19.3. The van der Waals surface area contributed by atoms with E-state index in [1.165, 1.54) is 12.3 Å². The molecule has 152 valence electrons. The molecule has 1 aromatic carbocycles. The number of fused-ring (bicyclic) bond motifs is 1. The van der Waals surface area contributed by atoms with Crippen molar-refractivity contribution >= 4 is 16.8 Å². The van der Waals surface area contributed by atoms with Gasteiger partial charge in [-0.05, 0) is 43.0 Å². The summed E-state index contributed by atoms with van der Waals surface area (Å²) in [6, 6.07) is 10.6. The number of nitrogens with zero attached hydrogens (tertiary/aromatic N) is 1. The van der Waals surface area contributed by atoms with Crippen molar-refractivity contribution < 1.29 is 22.7 Å². The van der Waals surface area contributed by atoms with Gasteiger partial charge in [0.25, 0.3) is 0 Å². The minimum Gasteiger partial charge on any atom is -0.483 e. The zero-order chi connectivity index (χ0) is 20.6. The number of H-pyrrole nitrogens is 1. The minimum absolute atomic E-state index is 0.0335. The molecule has 2 heterocycles. The third kappa shape index (κ3) is 4.36. The Morgan fingerprint density at radius 2 is 2.10 bits per heavy atom. The highest BCUT2D eigenvalue weighted by Crippen LogP contribution is 2.49. The average molecular weight is 403 g/mol. The van der Waals surface area contributed by atoms with E-state index in [4.69, 9.17) is 0 Å². The molecule has 4 rings (SSSR count). The van der Waals surface area contributed by atoms with E-state index >= 15 is 0 Å². The molecule has 1 aliphatic carbocycles. The van der Waals surface area contributed by atoms with Gasteiger partial charge < -0.3 is 15.0 Å². The van der Waals surface area contributed by atoms with Crippen molar-refractivity contribution in [3.05, 3.63) is 60.0 Å². The molecule has 3 aromatic rings. The van der Waals surface area contributed by atoms with Crippen LogP contribution >= 0.6 is 0 Å². The maximum Gasteiger partial charge on any atom is 0.422 e. The Kier molecular flexibility index (Phi) is 4.94. The number of amides is 1. The molecule has 29 heavy (non-hydrogen) atoms. The van der Waals surface area contributed by atoms with E-state index in [0.717, 1.165) is 22.9 Å². The SMILES string of the molecule is CC(NC(=O)C1CC1c1c[nH]c2ccccc12)c1ccc(OCC(F)(F)F)cn1. The summed E-state index contributed by atoms with van der Waals surface area (Å²) >= 11 is 0. The van der Waals surface area contributed by atoms with E-state index < -0.39 is 12.8 Å². The van der Waals surface area contributed by atoms with Crippen molar-refractivity contribution in [2.45, 2.75) is 31.5 Å². The largest absolute Gasteiger partial charge is 0.483 e. The molecule has 0 saturated heterocycles. The van der Waals surface area contributed by atoms with E-state index in [-0.39, 0.29) is 29.5 Å². The van der Waals surface area contributed by atoms with Crippen LogP contribution in [0.15, 0.2) is 48.8 Å². The van der Waals surface area contributed by atoms with Gasteiger partial charge in [0.2, 0.25) is 5.91 Å². The Balaban J connectivity index is 1.34. The highest BCUT2D eigenvalue weighted by atomic mass is 19.4. The zero-order valence-corrected chi connectivity index (χ0v) is 15.7. The predicted octanol–water partition coefficient (Wildman–Crippen LogP) is 4.48. The first-order chi connectivity index (χ1) is 13.8. The second-order valence-electron chi connectivity index (χ2n) is 7.29. The minimum atomic E-state index is -4.40. The van der Waals surface area contributed by atoms with Crippen LogP contribution in [0.1, 0.15) is 36.6 Å². The molecule has 1 amide bonds. The number of hydrogen-bond donors (Lipinski definition) is 2. The van der Waals surface area contributed by atoms with Crippen LogP contribution in [0.2, 0.25) is 0 Å². The Labute approximate surface area is 165 Å². The maximum absolute atomic E-state index is 12.6. The van der Waals surface area contributed by atoms with Gasteiger partial charge in [0.05, 0.1) is 17.9 Å². The normalized spacial score (nSPS) is 19.7. The van der Waals surface area contributed by atoms with Crippen LogP contribution in [0.4, 0.5) is 13.2 Å². The van der Waals surface area contributed by atoms with Crippen LogP contribution in [-0.2, 0) is 4.79 Å². The molecular formula is C21H20F3N3O2. The van der Waals surface area contributed by atoms with E-state index in [9.17, 15) is 18.0 Å². The van der Waals surface area contributed by atoms with Crippen molar-refractivity contribution in [2.75, 3.05) is 6.61 Å². The van der Waals surface area contributed by atoms with Gasteiger partial charge in [0.15, 0.2) is 6.61 Å². The van der Waals surface area contributed by atoms with Crippen molar-refractivity contribution in [2.24, 2.45) is 5.92 Å². The van der Waals surface area contributed by atoms with Gasteiger partial charge in [0, 0.05) is 23.0 Å². The number of aromatic amines is 1. The molecule has 0 bridgehead atoms. The second kappa shape index (κ2) is 7.42. The summed E-state index contributed by atoms with van der Waals surface area (Å²) in [5.74, 6) is 0.0775. The predicted molar refractivity (Wildman–Crippen MR) is 101 cm³/mol. The molecule has 2 aromatic heterocycles. The Morgan fingerprint density at radius 1 is 1.31 bits per heavy atom. The number of nitrogens with one attached hydrogen (secondary N) is 2. The standard InChI is InChI=1S/C21H20F3N3O2/c1-12(18-7-6-13(9-25-18)29-11-21(22,23)24)27-20(28)16-8-15(16)17-10-26-19-5-3-2-4-14(17)19/h2-7,9-10,12,15-16,26H,8,11H2,1H3,(H,27,28). The summed E-state index contributed by atoms with van der Waals surface area (Å²) in [7, 11) is 0. The fraction of sp³-hybridized carbons (Fsp3) is 0.333. The van der Waals surface area contributed by atoms with Crippen LogP contribution in [0, 0.1) is 5.92 Å². The third-order valence-electron chi connectivity index (χ3n) is 5.11. The van der Waals surface area contributed by atoms with E-state index in [2.05, 4.69) is 20.0 Å². The van der Waals surface area contributed by atoms with Crippen LogP contribution in [0.25, 0.3) is 10.9 Å². The third-order valence-corrected chi connectivity index (χ3v) is 5.11. The van der Waals surface area contributed by atoms with Crippen LogP contribution in [0.3, 0.4) is 0 Å².